The van der Waals surface area contributed by atoms with Gasteiger partial charge in [0.25, 0.3) is 0 Å². The Balaban J connectivity index is 2.00. The van der Waals surface area contributed by atoms with Gasteiger partial charge in [-0.3, -0.25) is 5.73 Å². The summed E-state index contributed by atoms with van der Waals surface area (Å²) in [5, 5.41) is 0. The number of benzene rings is 1. The molecule has 1 saturated carbocycles. The highest BCUT2D eigenvalue weighted by atomic mass is 16.5. The first-order valence-electron chi connectivity index (χ1n) is 6.88. The summed E-state index contributed by atoms with van der Waals surface area (Å²) in [4.78, 5) is 11.5. The standard InChI is InChI=1S/C15H21NO3/c1-2-18-14(17)12-6-8-13(9-7-12)19-15(16)10-4-3-5-11-15/h6-9H,2-5,10-11,16H2,1H3. The second-order valence-corrected chi connectivity index (χ2v) is 4.97. The van der Waals surface area contributed by atoms with Crippen molar-refractivity contribution in [3.8, 4) is 5.75 Å². The van der Waals surface area contributed by atoms with Gasteiger partial charge in [-0.05, 0) is 44.0 Å². The van der Waals surface area contributed by atoms with Crippen molar-refractivity contribution < 1.29 is 14.3 Å². The zero-order valence-corrected chi connectivity index (χ0v) is 11.4. The number of esters is 1. The molecule has 1 aliphatic carbocycles. The maximum absolute atomic E-state index is 11.5. The highest BCUT2D eigenvalue weighted by Crippen LogP contribution is 2.29. The van der Waals surface area contributed by atoms with Crippen LogP contribution in [-0.2, 0) is 4.74 Å². The average Bonchev–Trinajstić information content (AvgIpc) is 2.40. The van der Waals surface area contributed by atoms with Crippen LogP contribution in [0.2, 0.25) is 0 Å². The van der Waals surface area contributed by atoms with E-state index in [1.807, 2.05) is 0 Å². The smallest absolute Gasteiger partial charge is 0.338 e. The molecule has 0 amide bonds. The maximum atomic E-state index is 11.5. The van der Waals surface area contributed by atoms with E-state index < -0.39 is 5.72 Å². The topological polar surface area (TPSA) is 61.5 Å². The lowest BCUT2D eigenvalue weighted by Gasteiger charge is -2.33. The predicted molar refractivity (Wildman–Crippen MR) is 73.0 cm³/mol. The second-order valence-electron chi connectivity index (χ2n) is 4.97. The van der Waals surface area contributed by atoms with Crippen molar-refractivity contribution in [3.05, 3.63) is 29.8 Å². The van der Waals surface area contributed by atoms with Gasteiger partial charge >= 0.3 is 5.97 Å². The fourth-order valence-electron chi connectivity index (χ4n) is 2.36. The van der Waals surface area contributed by atoms with E-state index in [2.05, 4.69) is 0 Å². The van der Waals surface area contributed by atoms with Gasteiger partial charge < -0.3 is 9.47 Å². The quantitative estimate of drug-likeness (QED) is 0.670. The molecular weight excluding hydrogens is 242 g/mol. The third kappa shape index (κ3) is 3.70. The van der Waals surface area contributed by atoms with Crippen LogP contribution in [0.25, 0.3) is 0 Å². The lowest BCUT2D eigenvalue weighted by atomic mass is 9.92. The van der Waals surface area contributed by atoms with E-state index in [0.717, 1.165) is 25.7 Å². The van der Waals surface area contributed by atoms with Gasteiger partial charge in [-0.2, -0.15) is 0 Å². The highest BCUT2D eigenvalue weighted by Gasteiger charge is 2.29. The summed E-state index contributed by atoms with van der Waals surface area (Å²) in [7, 11) is 0. The Labute approximate surface area is 113 Å². The number of nitrogens with two attached hydrogens (primary N) is 1. The molecule has 0 radical (unpaired) electrons. The molecule has 0 aliphatic heterocycles. The average molecular weight is 263 g/mol. The number of carbonyl (C=O) groups is 1. The van der Waals surface area contributed by atoms with Gasteiger partial charge in [0.1, 0.15) is 5.75 Å². The van der Waals surface area contributed by atoms with Crippen molar-refractivity contribution in [1.29, 1.82) is 0 Å². The zero-order chi connectivity index (χ0) is 13.7. The van der Waals surface area contributed by atoms with Crippen molar-refractivity contribution in [2.75, 3.05) is 6.61 Å². The second kappa shape index (κ2) is 6.06. The van der Waals surface area contributed by atoms with E-state index >= 15 is 0 Å². The summed E-state index contributed by atoms with van der Waals surface area (Å²) in [6.07, 6.45) is 5.21. The van der Waals surface area contributed by atoms with Crippen LogP contribution in [0.1, 0.15) is 49.4 Å². The van der Waals surface area contributed by atoms with Crippen LogP contribution < -0.4 is 10.5 Å². The Morgan fingerprint density at radius 1 is 1.21 bits per heavy atom. The number of hydrogen-bond acceptors (Lipinski definition) is 4. The van der Waals surface area contributed by atoms with Crippen LogP contribution in [0.15, 0.2) is 24.3 Å². The molecule has 0 atom stereocenters. The molecular formula is C15H21NO3. The van der Waals surface area contributed by atoms with Gasteiger partial charge in [-0.15, -0.1) is 0 Å². The molecule has 0 bridgehead atoms. The fraction of sp³-hybridized carbons (Fsp3) is 0.533. The summed E-state index contributed by atoms with van der Waals surface area (Å²) in [6.45, 7) is 2.17. The van der Waals surface area contributed by atoms with Crippen LogP contribution in [0.4, 0.5) is 0 Å². The fourth-order valence-corrected chi connectivity index (χ4v) is 2.36. The Morgan fingerprint density at radius 2 is 1.84 bits per heavy atom. The number of carbonyl (C=O) groups excluding carboxylic acids is 1. The van der Waals surface area contributed by atoms with Gasteiger partial charge in [0.05, 0.1) is 12.2 Å². The van der Waals surface area contributed by atoms with Crippen LogP contribution in [0.3, 0.4) is 0 Å². The Bertz CT molecular complexity index is 422. The Morgan fingerprint density at radius 3 is 2.42 bits per heavy atom. The van der Waals surface area contributed by atoms with Crippen LogP contribution in [0, 0.1) is 0 Å². The lowest BCUT2D eigenvalue weighted by Crippen LogP contribution is -2.47. The molecule has 19 heavy (non-hydrogen) atoms. The first-order chi connectivity index (χ1) is 9.13. The molecule has 104 valence electrons. The molecule has 2 N–H and O–H groups in total. The van der Waals surface area contributed by atoms with E-state index in [9.17, 15) is 4.79 Å². The predicted octanol–water partition coefficient (Wildman–Crippen LogP) is 2.86. The summed E-state index contributed by atoms with van der Waals surface area (Å²) in [6, 6.07) is 6.96. The van der Waals surface area contributed by atoms with E-state index in [-0.39, 0.29) is 5.97 Å². The Hall–Kier alpha value is -1.55. The van der Waals surface area contributed by atoms with Crippen LogP contribution >= 0.6 is 0 Å². The zero-order valence-electron chi connectivity index (χ0n) is 11.4. The largest absolute Gasteiger partial charge is 0.473 e. The number of ether oxygens (including phenoxy) is 2. The molecule has 0 saturated heterocycles. The minimum Gasteiger partial charge on any atom is -0.473 e. The van der Waals surface area contributed by atoms with Crippen molar-refractivity contribution in [3.63, 3.8) is 0 Å². The molecule has 1 aromatic carbocycles. The van der Waals surface area contributed by atoms with E-state index in [0.29, 0.717) is 17.9 Å². The molecule has 0 aromatic heterocycles. The molecule has 2 rings (SSSR count). The van der Waals surface area contributed by atoms with E-state index in [4.69, 9.17) is 15.2 Å². The molecule has 1 aliphatic rings. The van der Waals surface area contributed by atoms with Crippen LogP contribution in [0.5, 0.6) is 5.75 Å². The summed E-state index contributed by atoms with van der Waals surface area (Å²) < 4.78 is 10.8. The van der Waals surface area contributed by atoms with Crippen molar-refractivity contribution in [1.82, 2.24) is 0 Å². The van der Waals surface area contributed by atoms with Gasteiger partial charge in [0.15, 0.2) is 5.72 Å². The minimum absolute atomic E-state index is 0.311. The minimum atomic E-state index is -0.552. The normalized spacial score (nSPS) is 17.8. The first-order valence-corrected chi connectivity index (χ1v) is 6.88. The van der Waals surface area contributed by atoms with Gasteiger partial charge in [-0.25, -0.2) is 4.79 Å². The third-order valence-electron chi connectivity index (χ3n) is 3.39. The van der Waals surface area contributed by atoms with Gasteiger partial charge in [0, 0.05) is 12.8 Å². The van der Waals surface area contributed by atoms with Crippen molar-refractivity contribution in [2.24, 2.45) is 5.73 Å². The lowest BCUT2D eigenvalue weighted by molar-refractivity contribution is 0.0364. The summed E-state index contributed by atoms with van der Waals surface area (Å²) in [5.41, 5.74) is 6.20. The molecule has 0 spiro atoms. The van der Waals surface area contributed by atoms with Crippen molar-refractivity contribution >= 4 is 5.97 Å². The number of rotatable bonds is 4. The molecule has 1 aromatic rings. The van der Waals surface area contributed by atoms with Crippen LogP contribution in [-0.4, -0.2) is 18.3 Å². The maximum Gasteiger partial charge on any atom is 0.338 e. The summed E-state index contributed by atoms with van der Waals surface area (Å²) in [5.74, 6) is 0.395. The molecule has 4 nitrogen and oxygen atoms in total. The van der Waals surface area contributed by atoms with Crippen molar-refractivity contribution in [2.45, 2.75) is 44.8 Å². The van der Waals surface area contributed by atoms with Gasteiger partial charge in [0.2, 0.25) is 0 Å². The van der Waals surface area contributed by atoms with E-state index in [1.54, 1.807) is 31.2 Å². The molecule has 4 heteroatoms. The number of hydrogen-bond donors (Lipinski definition) is 1. The highest BCUT2D eigenvalue weighted by molar-refractivity contribution is 5.89. The monoisotopic (exact) mass is 263 g/mol. The third-order valence-corrected chi connectivity index (χ3v) is 3.39. The molecule has 0 unspecified atom stereocenters. The first kappa shape index (κ1) is 13.9. The molecule has 1 fully saturated rings. The van der Waals surface area contributed by atoms with Gasteiger partial charge in [-0.1, -0.05) is 6.42 Å². The summed E-state index contributed by atoms with van der Waals surface area (Å²) >= 11 is 0. The Kier molecular flexibility index (Phi) is 4.43. The van der Waals surface area contributed by atoms with E-state index in [1.165, 1.54) is 6.42 Å². The SMILES string of the molecule is CCOC(=O)c1ccc(OC2(N)CCCCC2)cc1. The molecule has 0 heterocycles.